The van der Waals surface area contributed by atoms with E-state index in [9.17, 15) is 9.59 Å². The fourth-order valence-corrected chi connectivity index (χ4v) is 2.72. The first-order valence-electron chi connectivity index (χ1n) is 7.41. The number of amides is 2. The summed E-state index contributed by atoms with van der Waals surface area (Å²) in [5, 5.41) is 2.97. The lowest BCUT2D eigenvalue weighted by Crippen LogP contribution is -2.39. The fourth-order valence-electron chi connectivity index (χ4n) is 2.72. The Kier molecular flexibility index (Phi) is 4.40. The minimum Gasteiger partial charge on any atom is -0.357 e. The van der Waals surface area contributed by atoms with E-state index in [1.54, 1.807) is 0 Å². The van der Waals surface area contributed by atoms with Crippen molar-refractivity contribution in [2.24, 2.45) is 12.5 Å². The van der Waals surface area contributed by atoms with Gasteiger partial charge in [-0.2, -0.15) is 0 Å². The minimum absolute atomic E-state index is 0.0170. The van der Waals surface area contributed by atoms with Gasteiger partial charge in [0, 0.05) is 39.0 Å². The van der Waals surface area contributed by atoms with Crippen LogP contribution in [-0.4, -0.2) is 40.4 Å². The normalized spacial score (nSPS) is 19.1. The average Bonchev–Trinajstić information content (AvgIpc) is 2.84. The molecule has 1 aromatic rings. The van der Waals surface area contributed by atoms with Crippen LogP contribution in [-0.2, 0) is 23.1 Å². The number of rotatable bonds is 4. The smallest absolute Gasteiger partial charge is 0.224 e. The first-order valence-corrected chi connectivity index (χ1v) is 7.41. The lowest BCUT2D eigenvalue weighted by molar-refractivity contribution is -0.128. The summed E-state index contributed by atoms with van der Waals surface area (Å²) in [6, 6.07) is 1.88. The van der Waals surface area contributed by atoms with Gasteiger partial charge in [0.2, 0.25) is 11.8 Å². The molecular formula is C16H25N3O2. The number of carbonyl (C=O) groups is 2. The summed E-state index contributed by atoms with van der Waals surface area (Å²) in [5.41, 5.74) is 1.07. The SMILES string of the molecule is Cn1ccc(CC(=O)NC2CC(=O)N(CC(C)(C)C)C2)c1. The van der Waals surface area contributed by atoms with Gasteiger partial charge in [-0.25, -0.2) is 0 Å². The van der Waals surface area contributed by atoms with Crippen LogP contribution in [0.4, 0.5) is 0 Å². The zero-order valence-corrected chi connectivity index (χ0v) is 13.3. The molecule has 1 atom stereocenters. The molecule has 0 radical (unpaired) electrons. The molecule has 2 rings (SSSR count). The van der Waals surface area contributed by atoms with Crippen LogP contribution in [0.25, 0.3) is 0 Å². The molecule has 1 aliphatic rings. The van der Waals surface area contributed by atoms with E-state index in [1.165, 1.54) is 0 Å². The predicted octanol–water partition coefficient (Wildman–Crippen LogP) is 1.33. The van der Waals surface area contributed by atoms with Gasteiger partial charge in [-0.3, -0.25) is 9.59 Å². The predicted molar refractivity (Wildman–Crippen MR) is 81.7 cm³/mol. The topological polar surface area (TPSA) is 54.3 Å². The van der Waals surface area contributed by atoms with Crippen LogP contribution in [0.2, 0.25) is 0 Å². The average molecular weight is 291 g/mol. The third kappa shape index (κ3) is 4.62. The highest BCUT2D eigenvalue weighted by Crippen LogP contribution is 2.20. The van der Waals surface area contributed by atoms with Crippen molar-refractivity contribution in [3.8, 4) is 0 Å². The van der Waals surface area contributed by atoms with Crippen molar-refractivity contribution in [1.29, 1.82) is 0 Å². The molecule has 0 aromatic carbocycles. The molecule has 2 amide bonds. The van der Waals surface area contributed by atoms with Crippen LogP contribution in [0.3, 0.4) is 0 Å². The number of carbonyl (C=O) groups excluding carboxylic acids is 2. The van der Waals surface area contributed by atoms with Gasteiger partial charge >= 0.3 is 0 Å². The largest absolute Gasteiger partial charge is 0.357 e. The number of aromatic nitrogens is 1. The van der Waals surface area contributed by atoms with Crippen LogP contribution in [0.15, 0.2) is 18.5 Å². The lowest BCUT2D eigenvalue weighted by atomic mass is 9.96. The van der Waals surface area contributed by atoms with Crippen molar-refractivity contribution in [3.63, 3.8) is 0 Å². The van der Waals surface area contributed by atoms with Crippen LogP contribution < -0.4 is 5.32 Å². The highest BCUT2D eigenvalue weighted by molar-refractivity contribution is 5.83. The van der Waals surface area contributed by atoms with Crippen molar-refractivity contribution in [1.82, 2.24) is 14.8 Å². The van der Waals surface area contributed by atoms with E-state index >= 15 is 0 Å². The van der Waals surface area contributed by atoms with Crippen LogP contribution >= 0.6 is 0 Å². The van der Waals surface area contributed by atoms with E-state index in [1.807, 2.05) is 35.0 Å². The molecule has 0 aliphatic carbocycles. The van der Waals surface area contributed by atoms with E-state index in [-0.39, 0.29) is 23.3 Å². The number of nitrogens with one attached hydrogen (secondary N) is 1. The first-order chi connectivity index (χ1) is 9.73. The van der Waals surface area contributed by atoms with Gasteiger partial charge in [-0.05, 0) is 17.0 Å². The summed E-state index contributed by atoms with van der Waals surface area (Å²) in [5.74, 6) is 0.117. The number of nitrogens with zero attached hydrogens (tertiary/aromatic N) is 2. The third-order valence-corrected chi connectivity index (χ3v) is 3.50. The van der Waals surface area contributed by atoms with Crippen LogP contribution in [0, 0.1) is 5.41 Å². The van der Waals surface area contributed by atoms with Crippen LogP contribution in [0.5, 0.6) is 0 Å². The highest BCUT2D eigenvalue weighted by Gasteiger charge is 2.32. The molecule has 5 nitrogen and oxygen atoms in total. The molecule has 2 heterocycles. The van der Waals surface area contributed by atoms with Gasteiger partial charge in [-0.1, -0.05) is 20.8 Å². The molecule has 1 aliphatic heterocycles. The van der Waals surface area contributed by atoms with Gasteiger partial charge < -0.3 is 14.8 Å². The lowest BCUT2D eigenvalue weighted by Gasteiger charge is -2.26. The monoisotopic (exact) mass is 291 g/mol. The molecule has 21 heavy (non-hydrogen) atoms. The quantitative estimate of drug-likeness (QED) is 0.910. The van der Waals surface area contributed by atoms with E-state index in [4.69, 9.17) is 0 Å². The molecule has 116 valence electrons. The molecule has 1 aromatic heterocycles. The maximum Gasteiger partial charge on any atom is 0.224 e. The summed E-state index contributed by atoms with van der Waals surface area (Å²) in [4.78, 5) is 25.9. The van der Waals surface area contributed by atoms with Gasteiger partial charge in [0.15, 0.2) is 0 Å². The Balaban J connectivity index is 1.84. The Morgan fingerprint density at radius 3 is 2.71 bits per heavy atom. The molecular weight excluding hydrogens is 266 g/mol. The van der Waals surface area contributed by atoms with Gasteiger partial charge in [0.1, 0.15) is 0 Å². The van der Waals surface area contributed by atoms with E-state index in [0.717, 1.165) is 12.1 Å². The van der Waals surface area contributed by atoms with E-state index < -0.39 is 0 Å². The highest BCUT2D eigenvalue weighted by atomic mass is 16.2. The van der Waals surface area contributed by atoms with E-state index in [0.29, 0.717) is 19.4 Å². The molecule has 1 unspecified atom stereocenters. The Hall–Kier alpha value is -1.78. The van der Waals surface area contributed by atoms with Crippen molar-refractivity contribution in [2.45, 2.75) is 39.7 Å². The Morgan fingerprint density at radius 1 is 1.43 bits per heavy atom. The Morgan fingerprint density at radius 2 is 2.14 bits per heavy atom. The van der Waals surface area contributed by atoms with Crippen LogP contribution in [0.1, 0.15) is 32.8 Å². The molecule has 1 fully saturated rings. The van der Waals surface area contributed by atoms with Crippen molar-refractivity contribution in [3.05, 3.63) is 24.0 Å². The second-order valence-electron chi connectivity index (χ2n) is 7.17. The maximum absolute atomic E-state index is 12.0. The van der Waals surface area contributed by atoms with Gasteiger partial charge in [-0.15, -0.1) is 0 Å². The minimum atomic E-state index is -0.0592. The number of likely N-dealkylation sites (tertiary alicyclic amines) is 1. The molecule has 5 heteroatoms. The summed E-state index contributed by atoms with van der Waals surface area (Å²) in [6.45, 7) is 7.69. The number of hydrogen-bond donors (Lipinski definition) is 1. The summed E-state index contributed by atoms with van der Waals surface area (Å²) >= 11 is 0. The number of aryl methyl sites for hydroxylation is 1. The zero-order chi connectivity index (χ0) is 15.6. The second kappa shape index (κ2) is 5.92. The van der Waals surface area contributed by atoms with E-state index in [2.05, 4.69) is 26.1 Å². The third-order valence-electron chi connectivity index (χ3n) is 3.50. The first kappa shape index (κ1) is 15.6. The number of hydrogen-bond acceptors (Lipinski definition) is 2. The summed E-state index contributed by atoms with van der Waals surface area (Å²) in [7, 11) is 1.93. The Bertz CT molecular complexity index is 528. The molecule has 1 N–H and O–H groups in total. The molecule has 0 saturated carbocycles. The Labute approximate surface area is 126 Å². The standard InChI is InChI=1S/C16H25N3O2/c1-16(2,3)11-19-10-13(8-15(19)21)17-14(20)7-12-5-6-18(4)9-12/h5-6,9,13H,7-8,10-11H2,1-4H3,(H,17,20). The molecule has 1 saturated heterocycles. The van der Waals surface area contributed by atoms with Crippen molar-refractivity contribution < 1.29 is 9.59 Å². The molecule has 0 bridgehead atoms. The summed E-state index contributed by atoms with van der Waals surface area (Å²) in [6.07, 6.45) is 4.64. The molecule has 0 spiro atoms. The summed E-state index contributed by atoms with van der Waals surface area (Å²) < 4.78 is 1.92. The maximum atomic E-state index is 12.0. The van der Waals surface area contributed by atoms with Gasteiger partial charge in [0.25, 0.3) is 0 Å². The fraction of sp³-hybridized carbons (Fsp3) is 0.625. The zero-order valence-electron chi connectivity index (χ0n) is 13.3. The van der Waals surface area contributed by atoms with Crippen molar-refractivity contribution >= 4 is 11.8 Å². The second-order valence-corrected chi connectivity index (χ2v) is 7.17. The van der Waals surface area contributed by atoms with Gasteiger partial charge in [0.05, 0.1) is 12.5 Å². The van der Waals surface area contributed by atoms with Crippen molar-refractivity contribution in [2.75, 3.05) is 13.1 Å².